The van der Waals surface area contributed by atoms with E-state index in [1.54, 1.807) is 19.5 Å². The summed E-state index contributed by atoms with van der Waals surface area (Å²) in [5, 5.41) is 3.55. The third-order valence-corrected chi connectivity index (χ3v) is 5.63. The Morgan fingerprint density at radius 1 is 1.19 bits per heavy atom. The van der Waals surface area contributed by atoms with Gasteiger partial charge < -0.3 is 19.4 Å². The molecule has 0 aliphatic carbocycles. The quantitative estimate of drug-likeness (QED) is 0.517. The van der Waals surface area contributed by atoms with E-state index in [9.17, 15) is 9.59 Å². The van der Waals surface area contributed by atoms with Crippen molar-refractivity contribution >= 4 is 22.8 Å². The fourth-order valence-corrected chi connectivity index (χ4v) is 3.76. The van der Waals surface area contributed by atoms with Crippen molar-refractivity contribution in [2.75, 3.05) is 27.8 Å². The smallest absolute Gasteiger partial charge is 0.328 e. The predicted octanol–water partition coefficient (Wildman–Crippen LogP) is 2.78. The number of hydrogen-bond acceptors (Lipinski definition) is 6. The number of carbonyl (C=O) groups is 2. The highest BCUT2D eigenvalue weighted by atomic mass is 16.5. The van der Waals surface area contributed by atoms with Crippen molar-refractivity contribution in [1.29, 1.82) is 0 Å². The van der Waals surface area contributed by atoms with Gasteiger partial charge in [0.2, 0.25) is 0 Å². The van der Waals surface area contributed by atoms with E-state index in [-0.39, 0.29) is 5.91 Å². The molecule has 3 rings (SSSR count). The van der Waals surface area contributed by atoms with Crippen molar-refractivity contribution < 1.29 is 19.1 Å². The Morgan fingerprint density at radius 3 is 2.53 bits per heavy atom. The van der Waals surface area contributed by atoms with Gasteiger partial charge in [-0.2, -0.15) is 0 Å². The summed E-state index contributed by atoms with van der Waals surface area (Å²) in [4.78, 5) is 32.3. The highest BCUT2D eigenvalue weighted by Crippen LogP contribution is 2.32. The van der Waals surface area contributed by atoms with Gasteiger partial charge in [-0.05, 0) is 26.1 Å². The van der Waals surface area contributed by atoms with Crippen LogP contribution in [0.2, 0.25) is 0 Å². The van der Waals surface area contributed by atoms with Gasteiger partial charge in [0.15, 0.2) is 5.75 Å². The minimum Gasteiger partial charge on any atom is -0.493 e. The lowest BCUT2D eigenvalue weighted by Gasteiger charge is -2.19. The predicted molar refractivity (Wildman–Crippen MR) is 123 cm³/mol. The Morgan fingerprint density at radius 2 is 1.91 bits per heavy atom. The van der Waals surface area contributed by atoms with Crippen LogP contribution < -0.4 is 10.1 Å². The van der Waals surface area contributed by atoms with Gasteiger partial charge in [-0.25, -0.2) is 4.79 Å². The van der Waals surface area contributed by atoms with E-state index in [1.165, 1.54) is 7.11 Å². The van der Waals surface area contributed by atoms with Crippen molar-refractivity contribution in [2.45, 2.75) is 33.0 Å². The first-order valence-electron chi connectivity index (χ1n) is 10.5. The lowest BCUT2D eigenvalue weighted by molar-refractivity contribution is -0.142. The highest BCUT2D eigenvalue weighted by molar-refractivity contribution is 6.10. The van der Waals surface area contributed by atoms with Crippen LogP contribution in [0, 0.1) is 6.92 Å². The number of ether oxygens (including phenoxy) is 2. The van der Waals surface area contributed by atoms with E-state index in [0.717, 1.165) is 23.3 Å². The van der Waals surface area contributed by atoms with E-state index in [4.69, 9.17) is 9.47 Å². The second kappa shape index (κ2) is 10.3. The summed E-state index contributed by atoms with van der Waals surface area (Å²) in [6.07, 6.45) is 3.63. The third kappa shape index (κ3) is 4.75. The van der Waals surface area contributed by atoms with Gasteiger partial charge in [0.05, 0.1) is 38.2 Å². The Hall–Kier alpha value is -3.39. The number of benzene rings is 1. The molecule has 170 valence electrons. The third-order valence-electron chi connectivity index (χ3n) is 5.63. The molecule has 1 aromatic carbocycles. The molecule has 2 aromatic heterocycles. The average molecular weight is 439 g/mol. The molecule has 0 saturated heterocycles. The molecule has 0 saturated carbocycles. The van der Waals surface area contributed by atoms with Crippen molar-refractivity contribution in [3.8, 4) is 5.75 Å². The lowest BCUT2D eigenvalue weighted by Crippen LogP contribution is -2.43. The summed E-state index contributed by atoms with van der Waals surface area (Å²) in [6, 6.07) is 8.70. The van der Waals surface area contributed by atoms with Crippen molar-refractivity contribution in [3.05, 3.63) is 59.5 Å². The molecule has 0 fully saturated rings. The van der Waals surface area contributed by atoms with Gasteiger partial charge in [0.25, 0.3) is 5.91 Å². The molecule has 0 aliphatic heterocycles. The Kier molecular flexibility index (Phi) is 7.48. The van der Waals surface area contributed by atoms with E-state index < -0.39 is 12.0 Å². The molecule has 3 aromatic rings. The van der Waals surface area contributed by atoms with Crippen LogP contribution in [-0.2, 0) is 22.6 Å². The van der Waals surface area contributed by atoms with Crippen LogP contribution in [-0.4, -0.2) is 60.2 Å². The zero-order valence-corrected chi connectivity index (χ0v) is 19.2. The number of fused-ring (bicyclic) bond motifs is 1. The number of nitrogens with one attached hydrogen (secondary N) is 1. The van der Waals surface area contributed by atoms with Crippen molar-refractivity contribution in [3.63, 3.8) is 0 Å². The summed E-state index contributed by atoms with van der Waals surface area (Å²) in [5.41, 5.74) is 2.96. The topological polar surface area (TPSA) is 85.7 Å². The second-order valence-electron chi connectivity index (χ2n) is 7.68. The van der Waals surface area contributed by atoms with Gasteiger partial charge >= 0.3 is 5.97 Å². The first kappa shape index (κ1) is 23.3. The largest absolute Gasteiger partial charge is 0.493 e. The lowest BCUT2D eigenvalue weighted by atomic mass is 10.0. The fraction of sp³-hybridized carbons (Fsp3) is 0.375. The van der Waals surface area contributed by atoms with Crippen molar-refractivity contribution in [2.24, 2.45) is 0 Å². The van der Waals surface area contributed by atoms with Crippen LogP contribution in [0.3, 0.4) is 0 Å². The number of amides is 1. The number of methoxy groups -OCH3 is 2. The average Bonchev–Trinajstić information content (AvgIpc) is 3.09. The molecule has 1 N–H and O–H groups in total. The second-order valence-corrected chi connectivity index (χ2v) is 7.68. The molecule has 8 heteroatoms. The van der Waals surface area contributed by atoms with Gasteiger partial charge in [-0.15, -0.1) is 0 Å². The summed E-state index contributed by atoms with van der Waals surface area (Å²) in [7, 11) is 4.91. The molecule has 0 spiro atoms. The monoisotopic (exact) mass is 438 g/mol. The van der Waals surface area contributed by atoms with Gasteiger partial charge in [-0.3, -0.25) is 14.7 Å². The van der Waals surface area contributed by atoms with Crippen LogP contribution in [0.15, 0.2) is 42.7 Å². The van der Waals surface area contributed by atoms with E-state index >= 15 is 0 Å². The van der Waals surface area contributed by atoms with Crippen LogP contribution in [0.25, 0.3) is 10.9 Å². The number of carbonyl (C=O) groups excluding carboxylic acids is 2. The first-order chi connectivity index (χ1) is 15.4. The van der Waals surface area contributed by atoms with Crippen LogP contribution in [0.1, 0.15) is 28.5 Å². The first-order valence-corrected chi connectivity index (χ1v) is 10.5. The Balaban J connectivity index is 2.02. The minimum absolute atomic E-state index is 0.330. The molecule has 0 aliphatic rings. The standard InChI is InChI=1S/C24H30N4O4/c1-6-27(3)15-28-16(2)21(18-13-25-14-20(31-4)22(18)28)23(29)26-19(24(30)32-5)12-17-10-8-7-9-11-17/h7-11,13-14,19H,6,12,15H2,1-5H3,(H,26,29). The maximum atomic E-state index is 13.5. The van der Waals surface area contributed by atoms with E-state index in [2.05, 4.69) is 22.1 Å². The molecule has 1 unspecified atom stereocenters. The minimum atomic E-state index is -0.815. The molecule has 2 heterocycles. The zero-order valence-electron chi connectivity index (χ0n) is 19.2. The summed E-state index contributed by atoms with van der Waals surface area (Å²) in [6.45, 7) is 5.38. The number of rotatable bonds is 9. The van der Waals surface area contributed by atoms with Crippen LogP contribution in [0.5, 0.6) is 5.75 Å². The molecular formula is C24H30N4O4. The molecule has 32 heavy (non-hydrogen) atoms. The van der Waals surface area contributed by atoms with E-state index in [1.807, 2.05) is 48.9 Å². The molecule has 1 amide bonds. The van der Waals surface area contributed by atoms with Gasteiger partial charge in [0, 0.05) is 23.7 Å². The van der Waals surface area contributed by atoms with Gasteiger partial charge in [-0.1, -0.05) is 37.3 Å². The number of pyridine rings is 1. The number of aromatic nitrogens is 2. The molecule has 0 bridgehead atoms. The van der Waals surface area contributed by atoms with E-state index in [0.29, 0.717) is 29.8 Å². The number of esters is 1. The maximum Gasteiger partial charge on any atom is 0.328 e. The maximum absolute atomic E-state index is 13.5. The molecular weight excluding hydrogens is 408 g/mol. The Bertz CT molecular complexity index is 1090. The Labute approximate surface area is 188 Å². The molecule has 8 nitrogen and oxygen atoms in total. The summed E-state index contributed by atoms with van der Waals surface area (Å²) >= 11 is 0. The van der Waals surface area contributed by atoms with Crippen LogP contribution >= 0.6 is 0 Å². The number of hydrogen-bond donors (Lipinski definition) is 1. The fourth-order valence-electron chi connectivity index (χ4n) is 3.76. The molecule has 0 radical (unpaired) electrons. The van der Waals surface area contributed by atoms with Crippen LogP contribution in [0.4, 0.5) is 0 Å². The van der Waals surface area contributed by atoms with Gasteiger partial charge in [0.1, 0.15) is 6.04 Å². The highest BCUT2D eigenvalue weighted by Gasteiger charge is 2.28. The zero-order chi connectivity index (χ0) is 23.3. The van der Waals surface area contributed by atoms with Crippen molar-refractivity contribution in [1.82, 2.24) is 19.8 Å². The number of nitrogens with zero attached hydrogens (tertiary/aromatic N) is 3. The molecule has 1 atom stereocenters. The summed E-state index contributed by atoms with van der Waals surface area (Å²) in [5.74, 6) is -0.264. The summed E-state index contributed by atoms with van der Waals surface area (Å²) < 4.78 is 12.5. The normalized spacial score (nSPS) is 12.1. The SMILES string of the molecule is CCN(C)Cn1c(C)c(C(=O)NC(Cc2ccccc2)C(=O)OC)c2cncc(OC)c21.